The summed E-state index contributed by atoms with van der Waals surface area (Å²) < 4.78 is 0. The predicted octanol–water partition coefficient (Wildman–Crippen LogP) is 2.23. The molecule has 6 heteroatoms. The first-order valence-electron chi connectivity index (χ1n) is 5.85. The van der Waals surface area contributed by atoms with E-state index in [2.05, 4.69) is 31.1 Å². The maximum atomic E-state index is 11.7. The predicted molar refractivity (Wildman–Crippen MR) is 78.5 cm³/mol. The first-order valence-corrected chi connectivity index (χ1v) is 6.73. The number of thiazole rings is 1. The Bertz CT molecular complexity index is 374. The zero-order valence-corrected chi connectivity index (χ0v) is 12.8. The topological polar surface area (TPSA) is 68.0 Å². The number of halogens is 1. The minimum atomic E-state index is -0.0891. The number of amides is 1. The van der Waals surface area contributed by atoms with Gasteiger partial charge >= 0.3 is 0 Å². The minimum absolute atomic E-state index is 0. The minimum Gasteiger partial charge on any atom is -0.351 e. The average molecular weight is 292 g/mol. The fourth-order valence-corrected chi connectivity index (χ4v) is 2.09. The normalized spacial score (nSPS) is 10.9. The number of hydrogen-bond acceptors (Lipinski definition) is 4. The number of aromatic nitrogens is 1. The Morgan fingerprint density at radius 1 is 1.50 bits per heavy atom. The Balaban J connectivity index is 0.00000289. The van der Waals surface area contributed by atoms with Gasteiger partial charge in [0.2, 0.25) is 0 Å². The number of carbonyl (C=O) groups excluding carboxylic acids is 1. The van der Waals surface area contributed by atoms with Crippen molar-refractivity contribution in [1.29, 1.82) is 0 Å². The molecule has 4 nitrogen and oxygen atoms in total. The second kappa shape index (κ2) is 7.71. The molecule has 1 amide bonds. The van der Waals surface area contributed by atoms with Gasteiger partial charge < -0.3 is 11.1 Å². The van der Waals surface area contributed by atoms with Crippen molar-refractivity contribution in [2.45, 2.75) is 33.6 Å². The molecule has 0 aliphatic rings. The van der Waals surface area contributed by atoms with E-state index in [1.165, 1.54) is 11.3 Å². The standard InChI is InChI=1S/C12H21N3OS.ClH/c1-12(2,3)5-7-14-11(16)9-8-17-10(15-9)4-6-13;/h8H,4-7,13H2,1-3H3,(H,14,16);1H. The summed E-state index contributed by atoms with van der Waals surface area (Å²) in [5, 5.41) is 5.60. The lowest BCUT2D eigenvalue weighted by molar-refractivity contribution is 0.0945. The van der Waals surface area contributed by atoms with Crippen molar-refractivity contribution in [3.63, 3.8) is 0 Å². The Morgan fingerprint density at radius 3 is 2.72 bits per heavy atom. The van der Waals surface area contributed by atoms with Crippen LogP contribution in [0.4, 0.5) is 0 Å². The molecule has 0 saturated carbocycles. The van der Waals surface area contributed by atoms with Crippen LogP contribution in [0.15, 0.2) is 5.38 Å². The lowest BCUT2D eigenvalue weighted by atomic mass is 9.92. The van der Waals surface area contributed by atoms with Gasteiger partial charge in [-0.05, 0) is 18.4 Å². The van der Waals surface area contributed by atoms with E-state index in [9.17, 15) is 4.79 Å². The van der Waals surface area contributed by atoms with Crippen LogP contribution in [0.5, 0.6) is 0 Å². The fraction of sp³-hybridized carbons (Fsp3) is 0.667. The maximum Gasteiger partial charge on any atom is 0.270 e. The van der Waals surface area contributed by atoms with Gasteiger partial charge in [0.05, 0.1) is 5.01 Å². The molecule has 0 fully saturated rings. The molecule has 0 unspecified atom stereocenters. The number of hydrogen-bond donors (Lipinski definition) is 2. The number of nitrogens with two attached hydrogens (primary N) is 1. The van der Waals surface area contributed by atoms with Crippen LogP contribution in [0.2, 0.25) is 0 Å². The molecule has 104 valence electrons. The van der Waals surface area contributed by atoms with E-state index in [-0.39, 0.29) is 23.7 Å². The third-order valence-corrected chi connectivity index (χ3v) is 3.21. The van der Waals surface area contributed by atoms with E-state index in [4.69, 9.17) is 5.73 Å². The van der Waals surface area contributed by atoms with Crippen LogP contribution in [0, 0.1) is 5.41 Å². The number of nitrogens with one attached hydrogen (secondary N) is 1. The van der Waals surface area contributed by atoms with Gasteiger partial charge in [-0.15, -0.1) is 23.7 Å². The molecule has 1 aromatic heterocycles. The van der Waals surface area contributed by atoms with E-state index >= 15 is 0 Å². The maximum absolute atomic E-state index is 11.7. The zero-order chi connectivity index (χ0) is 12.9. The molecule has 0 radical (unpaired) electrons. The van der Waals surface area contributed by atoms with Crippen LogP contribution in [0.25, 0.3) is 0 Å². The van der Waals surface area contributed by atoms with Gasteiger partial charge in [-0.25, -0.2) is 4.98 Å². The highest BCUT2D eigenvalue weighted by molar-refractivity contribution is 7.09. The molecular formula is C12H22ClN3OS. The third kappa shape index (κ3) is 6.33. The molecule has 0 aliphatic heterocycles. The lowest BCUT2D eigenvalue weighted by Crippen LogP contribution is -2.27. The van der Waals surface area contributed by atoms with Crippen LogP contribution in [-0.4, -0.2) is 24.0 Å². The lowest BCUT2D eigenvalue weighted by Gasteiger charge is -2.17. The fourth-order valence-electron chi connectivity index (χ4n) is 1.30. The number of rotatable bonds is 5. The third-order valence-electron chi connectivity index (χ3n) is 2.30. The van der Waals surface area contributed by atoms with Gasteiger partial charge in [0.25, 0.3) is 5.91 Å². The molecule has 1 heterocycles. The first kappa shape index (κ1) is 17.4. The van der Waals surface area contributed by atoms with Crippen LogP contribution >= 0.6 is 23.7 Å². The van der Waals surface area contributed by atoms with Gasteiger partial charge in [0.1, 0.15) is 5.69 Å². The smallest absolute Gasteiger partial charge is 0.270 e. The van der Waals surface area contributed by atoms with Crippen molar-refractivity contribution in [2.75, 3.05) is 13.1 Å². The monoisotopic (exact) mass is 291 g/mol. The summed E-state index contributed by atoms with van der Waals surface area (Å²) >= 11 is 1.49. The van der Waals surface area contributed by atoms with Crippen LogP contribution < -0.4 is 11.1 Å². The Labute approximate surface area is 119 Å². The largest absolute Gasteiger partial charge is 0.351 e. The first-order chi connectivity index (χ1) is 7.92. The van der Waals surface area contributed by atoms with E-state index in [1.54, 1.807) is 5.38 Å². The van der Waals surface area contributed by atoms with Crippen LogP contribution in [0.3, 0.4) is 0 Å². The van der Waals surface area contributed by atoms with Gasteiger partial charge in [-0.3, -0.25) is 4.79 Å². The number of nitrogens with zero attached hydrogens (tertiary/aromatic N) is 1. The van der Waals surface area contributed by atoms with Gasteiger partial charge in [-0.1, -0.05) is 20.8 Å². The van der Waals surface area contributed by atoms with Crippen LogP contribution in [-0.2, 0) is 6.42 Å². The molecule has 1 rings (SSSR count). The molecule has 3 N–H and O–H groups in total. The molecule has 0 atom stereocenters. The molecule has 18 heavy (non-hydrogen) atoms. The van der Waals surface area contributed by atoms with Gasteiger partial charge in [0.15, 0.2) is 0 Å². The van der Waals surface area contributed by atoms with E-state index in [1.807, 2.05) is 0 Å². The quantitative estimate of drug-likeness (QED) is 0.874. The van der Waals surface area contributed by atoms with Crippen molar-refractivity contribution < 1.29 is 4.79 Å². The molecule has 1 aromatic rings. The SMILES string of the molecule is CC(C)(C)CCNC(=O)c1csc(CCN)n1.Cl. The summed E-state index contributed by atoms with van der Waals surface area (Å²) in [5.41, 5.74) is 6.18. The second-order valence-electron chi connectivity index (χ2n) is 5.23. The Morgan fingerprint density at radius 2 is 2.17 bits per heavy atom. The van der Waals surface area contributed by atoms with E-state index in [0.717, 1.165) is 17.8 Å². The summed E-state index contributed by atoms with van der Waals surface area (Å²) in [4.78, 5) is 16.0. The van der Waals surface area contributed by atoms with Crippen molar-refractivity contribution >= 4 is 29.7 Å². The molecule has 0 saturated heterocycles. The molecule has 0 aliphatic carbocycles. The van der Waals surface area contributed by atoms with Crippen molar-refractivity contribution in [2.24, 2.45) is 11.1 Å². The Hall–Kier alpha value is -0.650. The summed E-state index contributed by atoms with van der Waals surface area (Å²) in [6.07, 6.45) is 1.69. The zero-order valence-electron chi connectivity index (χ0n) is 11.2. The highest BCUT2D eigenvalue weighted by Crippen LogP contribution is 2.17. The summed E-state index contributed by atoms with van der Waals surface area (Å²) in [5.74, 6) is -0.0891. The van der Waals surface area contributed by atoms with E-state index in [0.29, 0.717) is 18.8 Å². The average Bonchev–Trinajstić information content (AvgIpc) is 2.65. The summed E-state index contributed by atoms with van der Waals surface area (Å²) in [6.45, 7) is 7.72. The molecule has 0 aromatic carbocycles. The molecule has 0 bridgehead atoms. The highest BCUT2D eigenvalue weighted by atomic mass is 35.5. The molecule has 0 spiro atoms. The summed E-state index contributed by atoms with van der Waals surface area (Å²) in [6, 6.07) is 0. The highest BCUT2D eigenvalue weighted by Gasteiger charge is 2.13. The van der Waals surface area contributed by atoms with Crippen molar-refractivity contribution in [3.8, 4) is 0 Å². The van der Waals surface area contributed by atoms with Crippen molar-refractivity contribution in [3.05, 3.63) is 16.1 Å². The van der Waals surface area contributed by atoms with Gasteiger partial charge in [-0.2, -0.15) is 0 Å². The summed E-state index contributed by atoms with van der Waals surface area (Å²) in [7, 11) is 0. The second-order valence-corrected chi connectivity index (χ2v) is 6.17. The van der Waals surface area contributed by atoms with Gasteiger partial charge in [0, 0.05) is 18.3 Å². The van der Waals surface area contributed by atoms with Crippen LogP contribution in [0.1, 0.15) is 42.7 Å². The number of carbonyl (C=O) groups is 1. The Kier molecular flexibility index (Phi) is 7.43. The van der Waals surface area contributed by atoms with Crippen molar-refractivity contribution in [1.82, 2.24) is 10.3 Å². The molecular weight excluding hydrogens is 270 g/mol. The van der Waals surface area contributed by atoms with E-state index < -0.39 is 0 Å².